The normalized spacial score (nSPS) is 11.3. The number of aldehydes is 1. The number of aliphatic carboxylic acids is 1. The van der Waals surface area contributed by atoms with E-state index >= 15 is 0 Å². The molecule has 0 fully saturated rings. The number of carbonyl (C=O) groups is 2. The molecule has 0 aliphatic rings. The third-order valence-corrected chi connectivity index (χ3v) is 3.25. The van der Waals surface area contributed by atoms with Crippen molar-refractivity contribution in [2.24, 2.45) is 0 Å². The lowest BCUT2D eigenvalue weighted by Gasteiger charge is -2.20. The molecule has 0 atom stereocenters. The highest BCUT2D eigenvalue weighted by Crippen LogP contribution is 1.92. The molecule has 0 saturated heterocycles. The highest BCUT2D eigenvalue weighted by Gasteiger charge is 2.11. The molecule has 1 aromatic heterocycles. The van der Waals surface area contributed by atoms with Gasteiger partial charge in [-0.25, -0.2) is 9.36 Å². The molecule has 0 aliphatic heterocycles. The van der Waals surface area contributed by atoms with Gasteiger partial charge < -0.3 is 9.59 Å². The number of pyridine rings is 1. The van der Waals surface area contributed by atoms with Gasteiger partial charge in [0.25, 0.3) is 10.1 Å². The first-order valence-corrected chi connectivity index (χ1v) is 8.45. The van der Waals surface area contributed by atoms with Gasteiger partial charge in [0.15, 0.2) is 25.2 Å². The van der Waals surface area contributed by atoms with Gasteiger partial charge in [-0.15, -0.1) is 0 Å². The van der Waals surface area contributed by atoms with E-state index < -0.39 is 16.1 Å². The zero-order valence-corrected chi connectivity index (χ0v) is 14.4. The Balaban J connectivity index is 0.000000515. The molecule has 0 bridgehead atoms. The van der Waals surface area contributed by atoms with Crippen molar-refractivity contribution in [2.75, 3.05) is 33.4 Å². The molecule has 9 heteroatoms. The van der Waals surface area contributed by atoms with Crippen LogP contribution in [0.2, 0.25) is 0 Å². The summed E-state index contributed by atoms with van der Waals surface area (Å²) >= 11 is 0. The molecule has 0 saturated carbocycles. The summed E-state index contributed by atoms with van der Waals surface area (Å²) in [6, 6.07) is 3.36. The number of hydrogen-bond acceptors (Lipinski definition) is 4. The summed E-state index contributed by atoms with van der Waals surface area (Å²) in [7, 11) is 1.63. The maximum atomic E-state index is 10.4. The minimum absolute atomic E-state index is 0.181. The molecule has 0 amide bonds. The molecule has 130 valence electrons. The Morgan fingerprint density at radius 1 is 1.35 bits per heavy atom. The number of likely N-dealkylation sites (N-methyl/N-ethyl adjacent to an activating group) is 1. The molecule has 0 unspecified atom stereocenters. The van der Waals surface area contributed by atoms with Crippen molar-refractivity contribution >= 4 is 22.4 Å². The van der Waals surface area contributed by atoms with Crippen LogP contribution in [0.3, 0.4) is 0 Å². The highest BCUT2D eigenvalue weighted by atomic mass is 32.2. The average molecular weight is 348 g/mol. The lowest BCUT2D eigenvalue weighted by atomic mass is 10.3. The summed E-state index contributed by atoms with van der Waals surface area (Å²) in [6.07, 6.45) is 4.39. The lowest BCUT2D eigenvalue weighted by Crippen LogP contribution is -2.39. The van der Waals surface area contributed by atoms with Crippen molar-refractivity contribution in [1.29, 1.82) is 0 Å². The van der Waals surface area contributed by atoms with Crippen molar-refractivity contribution in [3.8, 4) is 0 Å². The number of carboxylic acids is 1. The van der Waals surface area contributed by atoms with Crippen LogP contribution in [0.25, 0.3) is 0 Å². The van der Waals surface area contributed by atoms with Crippen molar-refractivity contribution in [2.45, 2.75) is 13.0 Å². The van der Waals surface area contributed by atoms with Gasteiger partial charge in [-0.1, -0.05) is 0 Å². The second kappa shape index (κ2) is 9.33. The average Bonchev–Trinajstić information content (AvgIpc) is 2.35. The quantitative estimate of drug-likeness (QED) is 0.306. The fraction of sp³-hybridized carbons (Fsp3) is 0.500. The van der Waals surface area contributed by atoms with Crippen molar-refractivity contribution < 1.29 is 36.7 Å². The van der Waals surface area contributed by atoms with Gasteiger partial charge in [-0.2, -0.15) is 8.42 Å². The Bertz CT molecular complexity index is 622. The van der Waals surface area contributed by atoms with Crippen LogP contribution < -0.4 is 4.57 Å². The van der Waals surface area contributed by atoms with Crippen LogP contribution in [-0.4, -0.2) is 68.3 Å². The summed E-state index contributed by atoms with van der Waals surface area (Å²) in [4.78, 5) is 20.4. The van der Waals surface area contributed by atoms with Crippen LogP contribution in [0.15, 0.2) is 24.5 Å². The minimum Gasteiger partial charge on any atom is -0.477 e. The van der Waals surface area contributed by atoms with Gasteiger partial charge >= 0.3 is 5.97 Å². The van der Waals surface area contributed by atoms with Crippen LogP contribution >= 0.6 is 0 Å². The van der Waals surface area contributed by atoms with E-state index in [1.807, 2.05) is 21.1 Å². The fourth-order valence-electron chi connectivity index (χ4n) is 1.59. The first-order chi connectivity index (χ1) is 10.4. The maximum absolute atomic E-state index is 10.4. The Morgan fingerprint density at radius 2 is 1.96 bits per heavy atom. The summed E-state index contributed by atoms with van der Waals surface area (Å²) in [5.74, 6) is -1.02. The zero-order valence-electron chi connectivity index (χ0n) is 13.5. The molecular formula is C14H24N2O6S+2. The van der Waals surface area contributed by atoms with Gasteiger partial charge in [-0.3, -0.25) is 9.35 Å². The lowest BCUT2D eigenvalue weighted by molar-refractivity contribution is -0.862. The maximum Gasteiger partial charge on any atom is 0.359 e. The highest BCUT2D eigenvalue weighted by molar-refractivity contribution is 7.85. The number of rotatable bonds is 7. The van der Waals surface area contributed by atoms with Gasteiger partial charge in [0.2, 0.25) is 0 Å². The first kappa shape index (κ1) is 21.2. The van der Waals surface area contributed by atoms with E-state index in [1.165, 1.54) is 0 Å². The Morgan fingerprint density at radius 3 is 2.35 bits per heavy atom. The van der Waals surface area contributed by atoms with E-state index in [2.05, 4.69) is 0 Å². The van der Waals surface area contributed by atoms with Gasteiger partial charge in [0.1, 0.15) is 6.54 Å². The second-order valence-corrected chi connectivity index (χ2v) is 7.55. The number of quaternary nitrogens is 1. The van der Waals surface area contributed by atoms with Crippen LogP contribution in [0.1, 0.15) is 16.8 Å². The Labute approximate surface area is 136 Å². The predicted octanol–water partition coefficient (Wildman–Crippen LogP) is -0.158. The van der Waals surface area contributed by atoms with E-state index in [1.54, 1.807) is 29.1 Å². The molecule has 2 N–H and O–H groups in total. The molecule has 0 spiro atoms. The van der Waals surface area contributed by atoms with Crippen LogP contribution in [0.5, 0.6) is 0 Å². The van der Waals surface area contributed by atoms with Crippen LogP contribution in [0.4, 0.5) is 0 Å². The molecule has 0 aliphatic carbocycles. The fourth-order valence-corrected chi connectivity index (χ4v) is 2.08. The van der Waals surface area contributed by atoms with Crippen molar-refractivity contribution in [3.63, 3.8) is 0 Å². The third-order valence-electron chi connectivity index (χ3n) is 2.45. The standard InChI is InChI=1S/C9H11NO4S.C5H11NO2/c11-8-9-3-1-4-10(7-9)5-2-6-15(12,13)14;1-6(2,3)4-5(7)8/h1,3-4,7-8H,2,5-6H2;4H2,1-3H3/p+2. The third kappa shape index (κ3) is 13.5. The predicted molar refractivity (Wildman–Crippen MR) is 83.6 cm³/mol. The topological polar surface area (TPSA) is 113 Å². The molecule has 0 radical (unpaired) electrons. The SMILES string of the molecule is C[N+](C)(C)CC(=O)O.O=Cc1ccc[n+](CCCS(=O)(=O)O)c1. The first-order valence-electron chi connectivity index (χ1n) is 6.84. The number of nitrogens with zero attached hydrogens (tertiary/aromatic N) is 2. The Kier molecular flexibility index (Phi) is 8.59. The number of aryl methyl sites for hydroxylation is 1. The van der Waals surface area contributed by atoms with Gasteiger partial charge in [0.05, 0.1) is 32.5 Å². The largest absolute Gasteiger partial charge is 0.477 e. The van der Waals surface area contributed by atoms with E-state index in [0.717, 1.165) is 6.29 Å². The van der Waals surface area contributed by atoms with E-state index in [0.29, 0.717) is 23.0 Å². The van der Waals surface area contributed by atoms with Crippen molar-refractivity contribution in [3.05, 3.63) is 30.1 Å². The number of carbonyl (C=O) groups excluding carboxylic acids is 1. The zero-order chi connectivity index (χ0) is 18.1. The number of aromatic nitrogens is 1. The molecule has 0 aromatic carbocycles. The number of carboxylic acid groups (broad SMARTS) is 1. The molecule has 23 heavy (non-hydrogen) atoms. The molecule has 1 heterocycles. The summed E-state index contributed by atoms with van der Waals surface area (Å²) in [5, 5.41) is 8.23. The minimum atomic E-state index is -3.89. The van der Waals surface area contributed by atoms with Gasteiger partial charge in [-0.05, 0) is 6.07 Å². The van der Waals surface area contributed by atoms with Crippen molar-refractivity contribution in [1.82, 2.24) is 0 Å². The Hall–Kier alpha value is -1.84. The monoisotopic (exact) mass is 348 g/mol. The summed E-state index contributed by atoms with van der Waals surface area (Å²) in [6.45, 7) is 0.626. The van der Waals surface area contributed by atoms with Crippen LogP contribution in [-0.2, 0) is 21.5 Å². The van der Waals surface area contributed by atoms with E-state index in [9.17, 15) is 18.0 Å². The summed E-state index contributed by atoms with van der Waals surface area (Å²) in [5.41, 5.74) is 0.532. The second-order valence-electron chi connectivity index (χ2n) is 5.97. The number of hydrogen-bond donors (Lipinski definition) is 2. The van der Waals surface area contributed by atoms with E-state index in [4.69, 9.17) is 9.66 Å². The van der Waals surface area contributed by atoms with Crippen LogP contribution in [0, 0.1) is 0 Å². The molecule has 1 rings (SSSR count). The smallest absolute Gasteiger partial charge is 0.359 e. The summed E-state index contributed by atoms with van der Waals surface area (Å²) < 4.78 is 31.6. The van der Waals surface area contributed by atoms with E-state index in [-0.39, 0.29) is 12.3 Å². The molecular weight excluding hydrogens is 324 g/mol. The molecule has 1 aromatic rings. The van der Waals surface area contributed by atoms with Gasteiger partial charge in [0, 0.05) is 12.5 Å². The molecule has 8 nitrogen and oxygen atoms in total.